The Bertz CT molecular complexity index is 1240. The van der Waals surface area contributed by atoms with Crippen molar-refractivity contribution in [3.8, 4) is 5.75 Å². The monoisotopic (exact) mass is 462 g/mol. The summed E-state index contributed by atoms with van der Waals surface area (Å²) in [6, 6.07) is 16.2. The number of hydrogen-bond acceptors (Lipinski definition) is 5. The molecule has 7 heteroatoms. The van der Waals surface area contributed by atoms with E-state index in [0.717, 1.165) is 5.56 Å². The quantitative estimate of drug-likeness (QED) is 0.308. The van der Waals surface area contributed by atoms with Gasteiger partial charge in [0.1, 0.15) is 17.6 Å². The van der Waals surface area contributed by atoms with Crippen LogP contribution in [-0.4, -0.2) is 28.9 Å². The molecule has 1 fully saturated rings. The Labute approximate surface area is 197 Å². The third-order valence-corrected chi connectivity index (χ3v) is 5.89. The fraction of sp³-hybridized carbons (Fsp3) is 0.192. The number of rotatable bonds is 5. The second kappa shape index (κ2) is 9.08. The van der Waals surface area contributed by atoms with Crippen LogP contribution in [0.4, 0.5) is 5.69 Å². The second-order valence-corrected chi connectivity index (χ2v) is 8.45. The lowest BCUT2D eigenvalue weighted by Gasteiger charge is -2.24. The topological polar surface area (TPSA) is 79.7 Å². The van der Waals surface area contributed by atoms with E-state index >= 15 is 0 Å². The molecule has 2 aromatic carbocycles. The van der Waals surface area contributed by atoms with Crippen LogP contribution in [0.25, 0.3) is 5.76 Å². The number of aromatic nitrogens is 1. The number of aliphatic hydroxyl groups excluding tert-OH is 1. The maximum absolute atomic E-state index is 13.2. The maximum Gasteiger partial charge on any atom is 0.300 e. The van der Waals surface area contributed by atoms with Crippen LogP contribution in [0.5, 0.6) is 5.75 Å². The summed E-state index contributed by atoms with van der Waals surface area (Å²) in [4.78, 5) is 32.1. The summed E-state index contributed by atoms with van der Waals surface area (Å²) in [5, 5.41) is 11.8. The molecule has 4 rings (SSSR count). The molecule has 0 spiro atoms. The highest BCUT2D eigenvalue weighted by Gasteiger charge is 2.47. The van der Waals surface area contributed by atoms with Crippen LogP contribution in [0, 0.1) is 0 Å². The summed E-state index contributed by atoms with van der Waals surface area (Å²) in [7, 11) is 1.58. The number of aliphatic hydroxyl groups is 1. The molecule has 1 aliphatic heterocycles. The smallest absolute Gasteiger partial charge is 0.300 e. The molecule has 1 atom stereocenters. The lowest BCUT2D eigenvalue weighted by atomic mass is 9.94. The van der Waals surface area contributed by atoms with Crippen molar-refractivity contribution in [2.75, 3.05) is 12.0 Å². The molecular weight excluding hydrogens is 440 g/mol. The van der Waals surface area contributed by atoms with Gasteiger partial charge in [0.2, 0.25) is 0 Å². The largest absolute Gasteiger partial charge is 0.507 e. The predicted molar refractivity (Wildman–Crippen MR) is 128 cm³/mol. The van der Waals surface area contributed by atoms with Crippen LogP contribution in [-0.2, 0) is 9.59 Å². The van der Waals surface area contributed by atoms with Crippen LogP contribution in [0.1, 0.15) is 42.6 Å². The van der Waals surface area contributed by atoms with Crippen LogP contribution in [0.3, 0.4) is 0 Å². The highest BCUT2D eigenvalue weighted by atomic mass is 35.5. The molecule has 1 saturated heterocycles. The minimum Gasteiger partial charge on any atom is -0.507 e. The molecule has 1 N–H and O–H groups in total. The lowest BCUT2D eigenvalue weighted by molar-refractivity contribution is -0.132. The van der Waals surface area contributed by atoms with Crippen LogP contribution in [0.15, 0.2) is 72.4 Å². The minimum atomic E-state index is -0.892. The van der Waals surface area contributed by atoms with Crippen molar-refractivity contribution in [2.24, 2.45) is 0 Å². The highest BCUT2D eigenvalue weighted by Crippen LogP contribution is 2.42. The normalized spacial score (nSPS) is 17.6. The van der Waals surface area contributed by atoms with E-state index in [2.05, 4.69) is 4.98 Å². The predicted octanol–water partition coefficient (Wildman–Crippen LogP) is 5.49. The number of methoxy groups -OCH3 is 1. The first-order valence-electron chi connectivity index (χ1n) is 10.5. The molecule has 2 heterocycles. The number of ketones is 1. The van der Waals surface area contributed by atoms with E-state index in [9.17, 15) is 14.7 Å². The van der Waals surface area contributed by atoms with E-state index in [1.54, 1.807) is 74.0 Å². The van der Waals surface area contributed by atoms with E-state index in [-0.39, 0.29) is 17.3 Å². The van der Waals surface area contributed by atoms with Gasteiger partial charge in [-0.1, -0.05) is 31.5 Å². The SMILES string of the molecule is COc1ccc(/C(O)=C2/C(=O)C(=O)N(c3ccc(Cl)cc3)C2c2ccccn2)cc1C(C)C. The Morgan fingerprint density at radius 3 is 2.42 bits per heavy atom. The molecule has 6 nitrogen and oxygen atoms in total. The van der Waals surface area contributed by atoms with Gasteiger partial charge in [-0.25, -0.2) is 0 Å². The van der Waals surface area contributed by atoms with Gasteiger partial charge in [-0.3, -0.25) is 19.5 Å². The standard InChI is InChI=1S/C26H23ClN2O4/c1-15(2)19-14-16(7-12-21(19)33-3)24(30)22-23(20-6-4-5-13-28-20)29(26(32)25(22)31)18-10-8-17(27)9-11-18/h4-15,23,30H,1-3H3/b24-22-. The van der Waals surface area contributed by atoms with Crippen molar-refractivity contribution in [3.63, 3.8) is 0 Å². The number of anilines is 1. The molecule has 3 aromatic rings. The number of benzene rings is 2. The Hall–Kier alpha value is -3.64. The molecule has 1 aromatic heterocycles. The number of halogens is 1. The Morgan fingerprint density at radius 1 is 1.09 bits per heavy atom. The summed E-state index contributed by atoms with van der Waals surface area (Å²) in [5.74, 6) is -0.975. The average Bonchev–Trinajstić information content (AvgIpc) is 3.09. The first-order valence-corrected chi connectivity index (χ1v) is 10.9. The number of Topliss-reactive ketones (excluding diaryl/α,β-unsaturated/α-hetero) is 1. The third kappa shape index (κ3) is 4.10. The van der Waals surface area contributed by atoms with Gasteiger partial charge in [0.05, 0.1) is 18.4 Å². The number of amides is 1. The van der Waals surface area contributed by atoms with Gasteiger partial charge in [-0.2, -0.15) is 0 Å². The van der Waals surface area contributed by atoms with E-state index in [1.165, 1.54) is 4.90 Å². The zero-order valence-electron chi connectivity index (χ0n) is 18.4. The van der Waals surface area contributed by atoms with E-state index < -0.39 is 17.7 Å². The van der Waals surface area contributed by atoms with E-state index in [4.69, 9.17) is 16.3 Å². The molecule has 0 radical (unpaired) electrons. The number of pyridine rings is 1. The van der Waals surface area contributed by atoms with Gasteiger partial charge in [-0.15, -0.1) is 0 Å². The van der Waals surface area contributed by atoms with Gasteiger partial charge in [0.25, 0.3) is 11.7 Å². The number of carbonyl (C=O) groups excluding carboxylic acids is 2. The first-order chi connectivity index (χ1) is 15.8. The van der Waals surface area contributed by atoms with Gasteiger partial charge in [0.15, 0.2) is 0 Å². The fourth-order valence-corrected chi connectivity index (χ4v) is 4.13. The van der Waals surface area contributed by atoms with Gasteiger partial charge in [0, 0.05) is 22.5 Å². The summed E-state index contributed by atoms with van der Waals surface area (Å²) in [5.41, 5.74) is 2.23. The molecular formula is C26H23ClN2O4. The third-order valence-electron chi connectivity index (χ3n) is 5.64. The molecule has 0 saturated carbocycles. The van der Waals surface area contributed by atoms with Crippen molar-refractivity contribution < 1.29 is 19.4 Å². The molecule has 0 bridgehead atoms. The fourth-order valence-electron chi connectivity index (χ4n) is 4.01. The number of hydrogen-bond donors (Lipinski definition) is 1. The number of carbonyl (C=O) groups is 2. The molecule has 33 heavy (non-hydrogen) atoms. The minimum absolute atomic E-state index is 0.0199. The summed E-state index contributed by atoms with van der Waals surface area (Å²) in [6.45, 7) is 4.02. The van der Waals surface area contributed by atoms with Crippen LogP contribution < -0.4 is 9.64 Å². The first kappa shape index (κ1) is 22.6. The van der Waals surface area contributed by atoms with Gasteiger partial charge >= 0.3 is 0 Å². The highest BCUT2D eigenvalue weighted by molar-refractivity contribution is 6.51. The number of nitrogens with zero attached hydrogens (tertiary/aromatic N) is 2. The second-order valence-electron chi connectivity index (χ2n) is 8.01. The Balaban J connectivity index is 1.93. The van der Waals surface area contributed by atoms with Gasteiger partial charge in [-0.05, 0) is 66.1 Å². The Kier molecular flexibility index (Phi) is 6.20. The van der Waals surface area contributed by atoms with Crippen molar-refractivity contribution in [3.05, 3.63) is 94.3 Å². The zero-order valence-corrected chi connectivity index (χ0v) is 19.2. The Morgan fingerprint density at radius 2 is 1.82 bits per heavy atom. The van der Waals surface area contributed by atoms with Crippen LogP contribution in [0.2, 0.25) is 5.02 Å². The maximum atomic E-state index is 13.2. The van der Waals surface area contributed by atoms with Crippen molar-refractivity contribution in [1.29, 1.82) is 0 Å². The molecule has 0 aliphatic carbocycles. The van der Waals surface area contributed by atoms with Gasteiger partial charge < -0.3 is 9.84 Å². The van der Waals surface area contributed by atoms with E-state index in [1.807, 2.05) is 13.8 Å². The molecule has 168 valence electrons. The molecule has 1 unspecified atom stereocenters. The van der Waals surface area contributed by atoms with Crippen molar-refractivity contribution >= 4 is 34.7 Å². The summed E-state index contributed by atoms with van der Waals surface area (Å²) >= 11 is 6.02. The van der Waals surface area contributed by atoms with Crippen LogP contribution >= 0.6 is 11.6 Å². The zero-order chi connectivity index (χ0) is 23.7. The summed E-state index contributed by atoms with van der Waals surface area (Å²) in [6.07, 6.45) is 1.58. The molecule has 1 amide bonds. The van der Waals surface area contributed by atoms with E-state index in [0.29, 0.717) is 27.7 Å². The summed E-state index contributed by atoms with van der Waals surface area (Å²) < 4.78 is 5.43. The number of ether oxygens (including phenoxy) is 1. The molecule has 1 aliphatic rings. The van der Waals surface area contributed by atoms with Crippen molar-refractivity contribution in [1.82, 2.24) is 4.98 Å². The lowest BCUT2D eigenvalue weighted by Crippen LogP contribution is -2.29. The average molecular weight is 463 g/mol. The van der Waals surface area contributed by atoms with Crippen molar-refractivity contribution in [2.45, 2.75) is 25.8 Å².